The quantitative estimate of drug-likeness (QED) is 0.334. The molecule has 0 saturated carbocycles. The number of fused-ring (bicyclic) bond motifs is 1. The van der Waals surface area contributed by atoms with Gasteiger partial charge in [0.05, 0.1) is 0 Å². The average Bonchev–Trinajstić information content (AvgIpc) is 2.66. The van der Waals surface area contributed by atoms with Crippen molar-refractivity contribution in [3.63, 3.8) is 0 Å². The van der Waals surface area contributed by atoms with Crippen LogP contribution in [0.25, 0.3) is 0 Å². The van der Waals surface area contributed by atoms with Crippen molar-refractivity contribution in [3.8, 4) is 5.75 Å². The molecule has 1 heteroatoms. The van der Waals surface area contributed by atoms with Crippen LogP contribution in [0.1, 0.15) is 120 Å². The van der Waals surface area contributed by atoms with Gasteiger partial charge in [-0.25, -0.2) is 0 Å². The minimum absolute atomic E-state index is 0.483. The van der Waals surface area contributed by atoms with Crippen molar-refractivity contribution in [2.24, 2.45) is 0 Å². The van der Waals surface area contributed by atoms with Crippen molar-refractivity contribution in [1.82, 2.24) is 0 Å². The number of benzene rings is 1. The number of rotatable bonds is 12. The minimum Gasteiger partial charge on any atom is -0.461 e. The van der Waals surface area contributed by atoms with Crippen LogP contribution in [0.3, 0.4) is 0 Å². The van der Waals surface area contributed by atoms with Crippen LogP contribution in [-0.2, 0) is 0 Å². The molecule has 0 radical (unpaired) electrons. The molecule has 27 heavy (non-hydrogen) atoms. The zero-order valence-electron chi connectivity index (χ0n) is 18.6. The van der Waals surface area contributed by atoms with Gasteiger partial charge in [-0.1, -0.05) is 84.1 Å². The van der Waals surface area contributed by atoms with Gasteiger partial charge in [0.1, 0.15) is 11.5 Å². The van der Waals surface area contributed by atoms with Crippen molar-refractivity contribution >= 4 is 0 Å². The Morgan fingerprint density at radius 1 is 0.778 bits per heavy atom. The van der Waals surface area contributed by atoms with Crippen molar-refractivity contribution in [2.45, 2.75) is 118 Å². The summed E-state index contributed by atoms with van der Waals surface area (Å²) in [7, 11) is 0. The van der Waals surface area contributed by atoms with Crippen LogP contribution >= 0.6 is 0 Å². The zero-order valence-corrected chi connectivity index (χ0v) is 18.6. The summed E-state index contributed by atoms with van der Waals surface area (Å²) in [6.07, 6.45) is 16.4. The zero-order chi connectivity index (χ0) is 19.6. The maximum Gasteiger partial charge on any atom is 0.131 e. The lowest BCUT2D eigenvalue weighted by molar-refractivity contribution is 0.365. The van der Waals surface area contributed by atoms with E-state index >= 15 is 0 Å². The van der Waals surface area contributed by atoms with Crippen LogP contribution in [0.5, 0.6) is 5.75 Å². The molecule has 0 amide bonds. The molecular formula is C26H42O. The van der Waals surface area contributed by atoms with E-state index in [0.717, 1.165) is 12.2 Å². The minimum atomic E-state index is 0.483. The molecule has 1 heterocycles. The van der Waals surface area contributed by atoms with Crippen LogP contribution < -0.4 is 4.74 Å². The van der Waals surface area contributed by atoms with Gasteiger partial charge >= 0.3 is 0 Å². The van der Waals surface area contributed by atoms with Crippen LogP contribution in [0.2, 0.25) is 0 Å². The van der Waals surface area contributed by atoms with Crippen LogP contribution in [0, 0.1) is 13.8 Å². The molecular weight excluding hydrogens is 328 g/mol. The molecule has 152 valence electrons. The monoisotopic (exact) mass is 370 g/mol. The van der Waals surface area contributed by atoms with Gasteiger partial charge in [-0.2, -0.15) is 0 Å². The fourth-order valence-electron chi connectivity index (χ4n) is 4.31. The molecule has 1 aromatic carbocycles. The highest BCUT2D eigenvalue weighted by atomic mass is 16.5. The highest BCUT2D eigenvalue weighted by molar-refractivity contribution is 5.51. The Hall–Kier alpha value is -1.24. The van der Waals surface area contributed by atoms with Gasteiger partial charge in [0, 0.05) is 17.9 Å². The molecule has 0 aromatic heterocycles. The number of unbranched alkanes of at least 4 members (excludes halogenated alkanes) is 10. The summed E-state index contributed by atoms with van der Waals surface area (Å²) in [5, 5.41) is 0. The van der Waals surface area contributed by atoms with E-state index in [-0.39, 0.29) is 0 Å². The normalized spacial score (nSPS) is 16.4. The molecule has 0 bridgehead atoms. The maximum absolute atomic E-state index is 6.32. The molecule has 0 fully saturated rings. The van der Waals surface area contributed by atoms with Crippen molar-refractivity contribution < 1.29 is 4.74 Å². The smallest absolute Gasteiger partial charge is 0.131 e. The summed E-state index contributed by atoms with van der Waals surface area (Å²) in [4.78, 5) is 0. The molecule has 0 aliphatic carbocycles. The third-order valence-electron chi connectivity index (χ3n) is 6.51. The molecule has 1 nitrogen and oxygen atoms in total. The first kappa shape index (κ1) is 22.1. The highest BCUT2D eigenvalue weighted by Crippen LogP contribution is 2.42. The summed E-state index contributed by atoms with van der Waals surface area (Å²) in [6.45, 7) is 11.3. The van der Waals surface area contributed by atoms with E-state index in [1.165, 1.54) is 98.7 Å². The molecule has 1 unspecified atom stereocenters. The Kier molecular flexibility index (Phi) is 9.45. The Morgan fingerprint density at radius 3 is 1.93 bits per heavy atom. The van der Waals surface area contributed by atoms with Crippen LogP contribution in [-0.4, -0.2) is 0 Å². The van der Waals surface area contributed by atoms with Gasteiger partial charge < -0.3 is 4.74 Å². The number of hydrogen-bond donors (Lipinski definition) is 0. The topological polar surface area (TPSA) is 9.23 Å². The highest BCUT2D eigenvalue weighted by Gasteiger charge is 2.25. The summed E-state index contributed by atoms with van der Waals surface area (Å²) in [5.41, 5.74) is 5.59. The Bertz CT molecular complexity index is 611. The molecule has 1 aliphatic rings. The molecule has 2 rings (SSSR count). The lowest BCUT2D eigenvalue weighted by Gasteiger charge is -2.29. The predicted molar refractivity (Wildman–Crippen MR) is 119 cm³/mol. The van der Waals surface area contributed by atoms with E-state index in [1.807, 2.05) is 0 Å². The predicted octanol–water partition coefficient (Wildman–Crippen LogP) is 8.77. The van der Waals surface area contributed by atoms with E-state index in [1.54, 1.807) is 0 Å². The van der Waals surface area contributed by atoms with E-state index in [2.05, 4.69) is 46.8 Å². The van der Waals surface area contributed by atoms with Crippen molar-refractivity contribution in [1.29, 1.82) is 0 Å². The third-order valence-corrected chi connectivity index (χ3v) is 6.51. The maximum atomic E-state index is 6.32. The van der Waals surface area contributed by atoms with Gasteiger partial charge in [0.15, 0.2) is 0 Å². The van der Waals surface area contributed by atoms with Gasteiger partial charge in [-0.3, -0.25) is 0 Å². The summed E-state index contributed by atoms with van der Waals surface area (Å²) in [6, 6.07) is 4.36. The van der Waals surface area contributed by atoms with Gasteiger partial charge in [0.2, 0.25) is 0 Å². The number of ether oxygens (including phenoxy) is 1. The van der Waals surface area contributed by atoms with E-state index in [0.29, 0.717) is 5.92 Å². The summed E-state index contributed by atoms with van der Waals surface area (Å²) in [5.74, 6) is 2.81. The standard InChI is InChI=1S/C26H42O/c1-6-7-8-9-10-11-12-13-14-15-16-17-24-22(4)23(5)26-21(3)20(2)18-19-25(26)27-24/h18-19,23H,6-17H2,1-5H3. The van der Waals surface area contributed by atoms with E-state index in [4.69, 9.17) is 4.74 Å². The molecule has 1 aromatic rings. The number of hydrogen-bond acceptors (Lipinski definition) is 1. The van der Waals surface area contributed by atoms with Crippen LogP contribution in [0.4, 0.5) is 0 Å². The molecule has 1 aliphatic heterocycles. The summed E-state index contributed by atoms with van der Waals surface area (Å²) < 4.78 is 6.32. The van der Waals surface area contributed by atoms with Gasteiger partial charge in [0.25, 0.3) is 0 Å². The second-order valence-electron chi connectivity index (χ2n) is 8.63. The second-order valence-corrected chi connectivity index (χ2v) is 8.63. The summed E-state index contributed by atoms with van der Waals surface area (Å²) >= 11 is 0. The first-order chi connectivity index (χ1) is 13.1. The average molecular weight is 371 g/mol. The second kappa shape index (κ2) is 11.6. The lowest BCUT2D eigenvalue weighted by atomic mass is 9.85. The van der Waals surface area contributed by atoms with Crippen molar-refractivity contribution in [2.75, 3.05) is 0 Å². The first-order valence-corrected chi connectivity index (χ1v) is 11.5. The molecule has 0 spiro atoms. The largest absolute Gasteiger partial charge is 0.461 e. The molecule has 1 atom stereocenters. The number of aryl methyl sites for hydroxylation is 1. The van der Waals surface area contributed by atoms with Crippen molar-refractivity contribution in [3.05, 3.63) is 40.2 Å². The first-order valence-electron chi connectivity index (χ1n) is 11.5. The Labute approximate surface area is 168 Å². The fourth-order valence-corrected chi connectivity index (χ4v) is 4.31. The Morgan fingerprint density at radius 2 is 1.33 bits per heavy atom. The van der Waals surface area contributed by atoms with Crippen LogP contribution in [0.15, 0.2) is 23.5 Å². The number of allylic oxidation sites excluding steroid dienone is 2. The SMILES string of the molecule is CCCCCCCCCCCCCC1=C(C)C(C)c2c(ccc(C)c2C)O1. The Balaban J connectivity index is 1.67. The van der Waals surface area contributed by atoms with E-state index < -0.39 is 0 Å². The molecule has 0 N–H and O–H groups in total. The molecule has 0 saturated heterocycles. The van der Waals surface area contributed by atoms with Gasteiger partial charge in [-0.05, 0) is 50.0 Å². The van der Waals surface area contributed by atoms with Gasteiger partial charge in [-0.15, -0.1) is 0 Å². The van der Waals surface area contributed by atoms with E-state index in [9.17, 15) is 0 Å². The third kappa shape index (κ3) is 6.40. The lowest BCUT2D eigenvalue weighted by Crippen LogP contribution is -2.14. The fraction of sp³-hybridized carbons (Fsp3) is 0.692.